The van der Waals surface area contributed by atoms with Gasteiger partial charge in [-0.3, -0.25) is 4.79 Å². The second-order valence-corrected chi connectivity index (χ2v) is 11.4. The van der Waals surface area contributed by atoms with Crippen LogP contribution in [-0.4, -0.2) is 53.1 Å². The Morgan fingerprint density at radius 2 is 1.95 bits per heavy atom. The molecule has 0 unspecified atom stereocenters. The van der Waals surface area contributed by atoms with Gasteiger partial charge in [0.05, 0.1) is 35.7 Å². The maximum Gasteiger partial charge on any atom is 0.269 e. The maximum absolute atomic E-state index is 13.4. The predicted octanol–water partition coefficient (Wildman–Crippen LogP) is 3.57. The molecule has 1 N–H and O–H groups in total. The molecule has 0 radical (unpaired) electrons. The van der Waals surface area contributed by atoms with Crippen molar-refractivity contribution in [2.45, 2.75) is 49.5 Å². The van der Waals surface area contributed by atoms with Crippen LogP contribution < -0.4 is 5.32 Å². The van der Waals surface area contributed by atoms with Gasteiger partial charge in [0.15, 0.2) is 5.65 Å². The van der Waals surface area contributed by atoms with Crippen molar-refractivity contribution >= 4 is 38.0 Å². The molecule has 1 amide bonds. The highest BCUT2D eigenvalue weighted by atomic mass is 32.2. The van der Waals surface area contributed by atoms with E-state index in [4.69, 9.17) is 15.0 Å². The lowest BCUT2D eigenvalue weighted by Crippen LogP contribution is -2.30. The minimum atomic E-state index is -3.85. The monoisotopic (exact) mass is 534 g/mol. The molecular formula is C27H30N6O4S. The Kier molecular flexibility index (Phi) is 7.44. The van der Waals surface area contributed by atoms with Crippen LogP contribution in [0.4, 0.5) is 0 Å². The number of imidazole rings is 1. The average molecular weight is 535 g/mol. The number of hydrogen-bond donors (Lipinski definition) is 1. The summed E-state index contributed by atoms with van der Waals surface area (Å²) in [6.07, 6.45) is 7.26. The molecule has 0 aliphatic heterocycles. The first-order valence-corrected chi connectivity index (χ1v) is 14.2. The highest BCUT2D eigenvalue weighted by molar-refractivity contribution is 7.90. The van der Waals surface area contributed by atoms with Crippen molar-refractivity contribution in [3.63, 3.8) is 0 Å². The normalized spacial score (nSPS) is 18.0. The van der Waals surface area contributed by atoms with Crippen LogP contribution in [0.2, 0.25) is 0 Å². The number of nitriles is 1. The minimum absolute atomic E-state index is 0.0800. The molecule has 0 saturated heterocycles. The highest BCUT2D eigenvalue weighted by Crippen LogP contribution is 2.38. The van der Waals surface area contributed by atoms with Crippen LogP contribution in [0.3, 0.4) is 0 Å². The van der Waals surface area contributed by atoms with Crippen molar-refractivity contribution in [1.82, 2.24) is 23.8 Å². The summed E-state index contributed by atoms with van der Waals surface area (Å²) in [4.78, 5) is 22.2. The first-order chi connectivity index (χ1) is 18.4. The van der Waals surface area contributed by atoms with E-state index >= 15 is 0 Å². The van der Waals surface area contributed by atoms with Gasteiger partial charge < -0.3 is 14.6 Å². The van der Waals surface area contributed by atoms with Gasteiger partial charge in [-0.25, -0.2) is 22.4 Å². The molecule has 1 aliphatic carbocycles. The van der Waals surface area contributed by atoms with E-state index in [0.29, 0.717) is 47.9 Å². The lowest BCUT2D eigenvalue weighted by molar-refractivity contribution is -0.120. The Hall–Kier alpha value is -3.75. The SMILES string of the molecule is COCCNC(=O)Cc1nc2cnc3c(ccn3S(=O)(=O)c3ccccc3)c2n1[C@H]1CC[C@H](CC#N)CC1. The minimum Gasteiger partial charge on any atom is -0.383 e. The summed E-state index contributed by atoms with van der Waals surface area (Å²) in [5.41, 5.74) is 1.71. The van der Waals surface area contributed by atoms with E-state index in [9.17, 15) is 13.2 Å². The van der Waals surface area contributed by atoms with Crippen LogP contribution in [0.5, 0.6) is 0 Å². The Balaban J connectivity index is 1.60. The quantitative estimate of drug-likeness (QED) is 0.325. The summed E-state index contributed by atoms with van der Waals surface area (Å²) in [5, 5.41) is 12.7. The third-order valence-corrected chi connectivity index (χ3v) is 8.89. The van der Waals surface area contributed by atoms with Gasteiger partial charge >= 0.3 is 0 Å². The molecule has 3 aromatic heterocycles. The van der Waals surface area contributed by atoms with Crippen LogP contribution >= 0.6 is 0 Å². The topological polar surface area (TPSA) is 132 Å². The zero-order valence-electron chi connectivity index (χ0n) is 21.2. The van der Waals surface area contributed by atoms with Gasteiger partial charge in [-0.1, -0.05) is 18.2 Å². The highest BCUT2D eigenvalue weighted by Gasteiger charge is 2.29. The van der Waals surface area contributed by atoms with Crippen LogP contribution in [0.15, 0.2) is 53.7 Å². The number of carbonyl (C=O) groups excluding carboxylic acids is 1. The fourth-order valence-electron chi connectivity index (χ4n) is 5.35. The number of hydrogen-bond acceptors (Lipinski definition) is 7. The molecule has 198 valence electrons. The van der Waals surface area contributed by atoms with E-state index in [-0.39, 0.29) is 23.3 Å². The fraction of sp³-hybridized carbons (Fsp3) is 0.407. The Morgan fingerprint density at radius 1 is 1.18 bits per heavy atom. The molecule has 1 aromatic carbocycles. The molecule has 11 heteroatoms. The van der Waals surface area contributed by atoms with Gasteiger partial charge in [0.1, 0.15) is 11.3 Å². The predicted molar refractivity (Wildman–Crippen MR) is 142 cm³/mol. The molecule has 4 aromatic rings. The molecule has 0 spiro atoms. The fourth-order valence-corrected chi connectivity index (χ4v) is 6.67. The number of rotatable bonds is 9. The second-order valence-electron chi connectivity index (χ2n) is 9.61. The van der Waals surface area contributed by atoms with Crippen LogP contribution in [0, 0.1) is 17.2 Å². The van der Waals surface area contributed by atoms with Crippen LogP contribution in [-0.2, 0) is 26.0 Å². The summed E-state index contributed by atoms with van der Waals surface area (Å²) in [6, 6.07) is 12.4. The zero-order valence-corrected chi connectivity index (χ0v) is 22.0. The smallest absolute Gasteiger partial charge is 0.269 e. The summed E-state index contributed by atoms with van der Waals surface area (Å²) >= 11 is 0. The number of ether oxygens (including phenoxy) is 1. The van der Waals surface area contributed by atoms with Gasteiger partial charge in [0.2, 0.25) is 5.91 Å². The summed E-state index contributed by atoms with van der Waals surface area (Å²) < 4.78 is 35.2. The van der Waals surface area contributed by atoms with Crippen LogP contribution in [0.1, 0.15) is 44.0 Å². The van der Waals surface area contributed by atoms with Crippen molar-refractivity contribution < 1.29 is 17.9 Å². The number of nitrogens with zero attached hydrogens (tertiary/aromatic N) is 5. The molecule has 38 heavy (non-hydrogen) atoms. The molecule has 3 heterocycles. The van der Waals surface area contributed by atoms with E-state index in [1.54, 1.807) is 49.7 Å². The number of benzene rings is 1. The van der Waals surface area contributed by atoms with Gasteiger partial charge in [-0.2, -0.15) is 5.26 Å². The summed E-state index contributed by atoms with van der Waals surface area (Å²) in [5.74, 6) is 0.822. The van der Waals surface area contributed by atoms with Gasteiger partial charge in [0, 0.05) is 37.7 Å². The molecule has 5 rings (SSSR count). The Bertz CT molecular complexity index is 1600. The van der Waals surface area contributed by atoms with Crippen LogP contribution in [0.25, 0.3) is 22.1 Å². The molecular weight excluding hydrogens is 504 g/mol. The van der Waals surface area contributed by atoms with Crippen molar-refractivity contribution in [2.75, 3.05) is 20.3 Å². The van der Waals surface area contributed by atoms with Crippen molar-refractivity contribution in [1.29, 1.82) is 5.26 Å². The van der Waals surface area contributed by atoms with E-state index in [1.807, 2.05) is 0 Å². The Morgan fingerprint density at radius 3 is 2.66 bits per heavy atom. The van der Waals surface area contributed by atoms with Crippen molar-refractivity contribution in [2.24, 2.45) is 5.92 Å². The number of amides is 1. The first-order valence-electron chi connectivity index (χ1n) is 12.7. The van der Waals surface area contributed by atoms with E-state index < -0.39 is 10.0 Å². The molecule has 10 nitrogen and oxygen atoms in total. The molecule has 0 atom stereocenters. The number of nitrogens with one attached hydrogen (secondary N) is 1. The Labute approximate surface area is 221 Å². The molecule has 1 saturated carbocycles. The van der Waals surface area contributed by atoms with E-state index in [1.165, 1.54) is 10.2 Å². The zero-order chi connectivity index (χ0) is 26.7. The third kappa shape index (κ3) is 4.89. The largest absolute Gasteiger partial charge is 0.383 e. The maximum atomic E-state index is 13.4. The molecule has 1 fully saturated rings. The summed E-state index contributed by atoms with van der Waals surface area (Å²) in [7, 11) is -2.27. The molecule has 0 bridgehead atoms. The number of aromatic nitrogens is 4. The summed E-state index contributed by atoms with van der Waals surface area (Å²) in [6.45, 7) is 0.819. The van der Waals surface area contributed by atoms with Gasteiger partial charge in [0.25, 0.3) is 10.0 Å². The van der Waals surface area contributed by atoms with Gasteiger partial charge in [-0.05, 0) is 49.8 Å². The van der Waals surface area contributed by atoms with Crippen molar-refractivity contribution in [3.05, 3.63) is 54.6 Å². The third-order valence-electron chi connectivity index (χ3n) is 7.21. The van der Waals surface area contributed by atoms with E-state index in [2.05, 4.69) is 20.9 Å². The lowest BCUT2D eigenvalue weighted by Gasteiger charge is -2.30. The second kappa shape index (κ2) is 10.9. The van der Waals surface area contributed by atoms with E-state index in [0.717, 1.165) is 31.2 Å². The molecule has 1 aliphatic rings. The number of fused-ring (bicyclic) bond motifs is 3. The lowest BCUT2D eigenvalue weighted by atomic mass is 9.84. The standard InChI is InChI=1S/C27H30N6O4S/c1-37-16-14-29-25(34)17-24-31-23-18-30-27-22(12-15-32(27)38(35,36)21-5-3-2-4-6-21)26(23)33(24)20-9-7-19(8-10-20)11-13-28/h2-6,12,15,18-20H,7-11,14,16-17H2,1H3,(H,29,34)/t19-,20-. The van der Waals surface area contributed by atoms with Crippen molar-refractivity contribution in [3.8, 4) is 6.07 Å². The first kappa shape index (κ1) is 25.9. The van der Waals surface area contributed by atoms with Gasteiger partial charge in [-0.15, -0.1) is 0 Å². The number of methoxy groups -OCH3 is 1. The average Bonchev–Trinajstić information content (AvgIpc) is 3.52. The number of carbonyl (C=O) groups is 1. The number of pyridine rings is 1.